The van der Waals surface area contributed by atoms with Crippen LogP contribution in [-0.4, -0.2) is 45.4 Å². The zero-order chi connectivity index (χ0) is 22.8. The second kappa shape index (κ2) is 11.7. The first-order valence-electron chi connectivity index (χ1n) is 10.1. The number of anilines is 1. The van der Waals surface area contributed by atoms with Gasteiger partial charge in [-0.3, -0.25) is 4.79 Å². The fourth-order valence-electron chi connectivity index (χ4n) is 2.83. The third kappa shape index (κ3) is 6.53. The molecule has 0 saturated heterocycles. The largest absolute Gasteiger partial charge is 0.495 e. The van der Waals surface area contributed by atoms with E-state index in [1.165, 1.54) is 19.2 Å². The molecule has 0 saturated carbocycles. The zero-order valence-electron chi connectivity index (χ0n) is 18.6. The molecule has 0 fully saturated rings. The van der Waals surface area contributed by atoms with Gasteiger partial charge in [0.25, 0.3) is 5.91 Å². The number of esters is 1. The van der Waals surface area contributed by atoms with Gasteiger partial charge in [0.2, 0.25) is 5.75 Å². The standard InChI is InChI=1S/C23H29NO7/c1-6-28-19-12-16(13-20(29-7-2)22(19)30-8-3)23(26)31-14-21(25)24-17-11-15(4)9-10-18(17)27-5/h9-13H,6-8,14H2,1-5H3,(H,24,25). The molecule has 0 bridgehead atoms. The van der Waals surface area contributed by atoms with Crippen LogP contribution < -0.4 is 24.3 Å². The van der Waals surface area contributed by atoms with Crippen LogP contribution in [0.1, 0.15) is 36.7 Å². The van der Waals surface area contributed by atoms with Gasteiger partial charge in [-0.05, 0) is 57.5 Å². The first kappa shape index (κ1) is 23.9. The van der Waals surface area contributed by atoms with Crippen molar-refractivity contribution in [3.63, 3.8) is 0 Å². The molecule has 0 spiro atoms. The lowest BCUT2D eigenvalue weighted by atomic mass is 10.2. The molecule has 0 aromatic heterocycles. The Kier molecular flexibility index (Phi) is 8.99. The van der Waals surface area contributed by atoms with Crippen LogP contribution in [0.4, 0.5) is 5.69 Å². The molecule has 0 aliphatic heterocycles. The van der Waals surface area contributed by atoms with E-state index in [2.05, 4.69) is 5.32 Å². The van der Waals surface area contributed by atoms with Crippen molar-refractivity contribution in [2.45, 2.75) is 27.7 Å². The van der Waals surface area contributed by atoms with Crippen molar-refractivity contribution in [3.05, 3.63) is 41.5 Å². The van der Waals surface area contributed by atoms with Crippen LogP contribution in [0, 0.1) is 6.92 Å². The molecule has 2 rings (SSSR count). The molecule has 1 N–H and O–H groups in total. The Morgan fingerprint density at radius 1 is 0.871 bits per heavy atom. The number of ether oxygens (including phenoxy) is 5. The SMILES string of the molecule is CCOc1cc(C(=O)OCC(=O)Nc2cc(C)ccc2OC)cc(OCC)c1OCC. The van der Waals surface area contributed by atoms with Crippen LogP contribution in [0.15, 0.2) is 30.3 Å². The highest BCUT2D eigenvalue weighted by molar-refractivity contribution is 5.97. The normalized spacial score (nSPS) is 10.2. The van der Waals surface area contributed by atoms with Crippen LogP contribution in [0.5, 0.6) is 23.0 Å². The minimum Gasteiger partial charge on any atom is -0.495 e. The Morgan fingerprint density at radius 3 is 2.03 bits per heavy atom. The molecule has 0 radical (unpaired) electrons. The summed E-state index contributed by atoms with van der Waals surface area (Å²) in [4.78, 5) is 24.9. The number of rotatable bonds is 11. The minimum atomic E-state index is -0.684. The average Bonchev–Trinajstić information content (AvgIpc) is 2.74. The van der Waals surface area contributed by atoms with Crippen molar-refractivity contribution in [3.8, 4) is 23.0 Å². The van der Waals surface area contributed by atoms with E-state index in [-0.39, 0.29) is 5.56 Å². The number of hydrogen-bond donors (Lipinski definition) is 1. The third-order valence-electron chi connectivity index (χ3n) is 4.11. The molecule has 0 atom stereocenters. The number of carbonyl (C=O) groups excluding carboxylic acids is 2. The molecular weight excluding hydrogens is 402 g/mol. The minimum absolute atomic E-state index is 0.191. The zero-order valence-corrected chi connectivity index (χ0v) is 18.6. The number of benzene rings is 2. The summed E-state index contributed by atoms with van der Waals surface area (Å²) < 4.78 is 27.3. The van der Waals surface area contributed by atoms with Gasteiger partial charge in [-0.25, -0.2) is 4.79 Å². The molecule has 1 amide bonds. The Balaban J connectivity index is 2.14. The van der Waals surface area contributed by atoms with E-state index >= 15 is 0 Å². The molecule has 0 unspecified atom stereocenters. The van der Waals surface area contributed by atoms with Crippen LogP contribution in [0.25, 0.3) is 0 Å². The summed E-state index contributed by atoms with van der Waals surface area (Å²) in [5, 5.41) is 2.69. The Morgan fingerprint density at radius 2 is 1.48 bits per heavy atom. The molecule has 0 aliphatic carbocycles. The Labute approximate surface area is 182 Å². The highest BCUT2D eigenvalue weighted by atomic mass is 16.5. The summed E-state index contributed by atoms with van der Waals surface area (Å²) in [6.07, 6.45) is 0. The smallest absolute Gasteiger partial charge is 0.338 e. The number of carbonyl (C=O) groups is 2. The lowest BCUT2D eigenvalue weighted by Gasteiger charge is -2.17. The van der Waals surface area contributed by atoms with Crippen molar-refractivity contribution < 1.29 is 33.3 Å². The maximum atomic E-state index is 12.6. The second-order valence-corrected chi connectivity index (χ2v) is 6.43. The fourth-order valence-corrected chi connectivity index (χ4v) is 2.83. The average molecular weight is 431 g/mol. The summed E-state index contributed by atoms with van der Waals surface area (Å²) in [5.41, 5.74) is 1.65. The van der Waals surface area contributed by atoms with Crippen LogP contribution in [0.2, 0.25) is 0 Å². The molecule has 31 heavy (non-hydrogen) atoms. The van der Waals surface area contributed by atoms with Crippen molar-refractivity contribution in [1.29, 1.82) is 0 Å². The third-order valence-corrected chi connectivity index (χ3v) is 4.11. The van der Waals surface area contributed by atoms with E-state index in [0.29, 0.717) is 48.5 Å². The monoisotopic (exact) mass is 431 g/mol. The van der Waals surface area contributed by atoms with Gasteiger partial charge in [-0.2, -0.15) is 0 Å². The molecule has 2 aromatic carbocycles. The van der Waals surface area contributed by atoms with E-state index in [0.717, 1.165) is 5.56 Å². The number of aryl methyl sites for hydroxylation is 1. The van der Waals surface area contributed by atoms with Crippen LogP contribution in [-0.2, 0) is 9.53 Å². The molecule has 0 aliphatic rings. The van der Waals surface area contributed by atoms with Crippen LogP contribution in [0.3, 0.4) is 0 Å². The van der Waals surface area contributed by atoms with E-state index in [1.807, 2.05) is 33.8 Å². The van der Waals surface area contributed by atoms with Gasteiger partial charge in [0.1, 0.15) is 5.75 Å². The van der Waals surface area contributed by atoms with Crippen molar-refractivity contribution >= 4 is 17.6 Å². The first-order chi connectivity index (χ1) is 14.9. The summed E-state index contributed by atoms with van der Waals surface area (Å²) >= 11 is 0. The molecule has 8 nitrogen and oxygen atoms in total. The van der Waals surface area contributed by atoms with Gasteiger partial charge in [0, 0.05) is 0 Å². The first-order valence-corrected chi connectivity index (χ1v) is 10.1. The lowest BCUT2D eigenvalue weighted by Crippen LogP contribution is -2.21. The summed E-state index contributed by atoms with van der Waals surface area (Å²) in [6, 6.07) is 8.42. The van der Waals surface area contributed by atoms with Crippen molar-refractivity contribution in [2.75, 3.05) is 38.9 Å². The Bertz CT molecular complexity index is 884. The maximum absolute atomic E-state index is 12.6. The molecular formula is C23H29NO7. The Hall–Kier alpha value is -3.42. The van der Waals surface area contributed by atoms with Crippen LogP contribution >= 0.6 is 0 Å². The predicted octanol–water partition coefficient (Wildman–Crippen LogP) is 4.00. The number of amides is 1. The van der Waals surface area contributed by atoms with Gasteiger partial charge in [0.05, 0.1) is 38.2 Å². The van der Waals surface area contributed by atoms with E-state index < -0.39 is 18.5 Å². The lowest BCUT2D eigenvalue weighted by molar-refractivity contribution is -0.119. The van der Waals surface area contributed by atoms with Gasteiger partial charge in [0.15, 0.2) is 18.1 Å². The maximum Gasteiger partial charge on any atom is 0.338 e. The second-order valence-electron chi connectivity index (χ2n) is 6.43. The van der Waals surface area contributed by atoms with Gasteiger partial charge in [-0.15, -0.1) is 0 Å². The van der Waals surface area contributed by atoms with E-state index in [4.69, 9.17) is 23.7 Å². The van der Waals surface area contributed by atoms with Crippen molar-refractivity contribution in [2.24, 2.45) is 0 Å². The molecule has 8 heteroatoms. The summed E-state index contributed by atoms with van der Waals surface area (Å²) in [5.74, 6) is 0.508. The van der Waals surface area contributed by atoms with Gasteiger partial charge >= 0.3 is 5.97 Å². The van der Waals surface area contributed by atoms with Gasteiger partial charge < -0.3 is 29.0 Å². The molecule has 168 valence electrons. The van der Waals surface area contributed by atoms with E-state index in [1.54, 1.807) is 12.1 Å². The van der Waals surface area contributed by atoms with Crippen molar-refractivity contribution in [1.82, 2.24) is 0 Å². The highest BCUT2D eigenvalue weighted by Gasteiger charge is 2.20. The predicted molar refractivity (Wildman–Crippen MR) is 117 cm³/mol. The summed E-state index contributed by atoms with van der Waals surface area (Å²) in [6.45, 7) is 8.09. The summed E-state index contributed by atoms with van der Waals surface area (Å²) in [7, 11) is 1.51. The number of nitrogens with one attached hydrogen (secondary N) is 1. The highest BCUT2D eigenvalue weighted by Crippen LogP contribution is 2.39. The number of methoxy groups -OCH3 is 1. The molecule has 2 aromatic rings. The quantitative estimate of drug-likeness (QED) is 0.538. The van der Waals surface area contributed by atoms with E-state index in [9.17, 15) is 9.59 Å². The topological polar surface area (TPSA) is 92.3 Å². The number of hydrogen-bond acceptors (Lipinski definition) is 7. The fraction of sp³-hybridized carbons (Fsp3) is 0.391. The molecule has 0 heterocycles. The van der Waals surface area contributed by atoms with Gasteiger partial charge in [-0.1, -0.05) is 6.07 Å².